The van der Waals surface area contributed by atoms with Gasteiger partial charge < -0.3 is 14.6 Å². The van der Waals surface area contributed by atoms with Crippen LogP contribution in [-0.2, 0) is 14.3 Å². The molecule has 0 spiro atoms. The molecule has 0 saturated carbocycles. The summed E-state index contributed by atoms with van der Waals surface area (Å²) in [7, 11) is 0. The van der Waals surface area contributed by atoms with Crippen LogP contribution in [0.1, 0.15) is 33.1 Å². The predicted molar refractivity (Wildman–Crippen MR) is 50.9 cm³/mol. The van der Waals surface area contributed by atoms with Crippen LogP contribution in [0.4, 0.5) is 0 Å². The van der Waals surface area contributed by atoms with Gasteiger partial charge in [-0.1, -0.05) is 13.8 Å². The lowest BCUT2D eigenvalue weighted by molar-refractivity contribution is -0.208. The number of hydrogen-bond donors (Lipinski definition) is 1. The highest BCUT2D eigenvalue weighted by Crippen LogP contribution is 2.20. The Bertz CT molecular complexity index is 191. The second-order valence-electron chi connectivity index (χ2n) is 4.05. The molecule has 0 aromatic heterocycles. The number of rotatable bonds is 4. The smallest absolute Gasteiger partial charge is 0.332 e. The first-order valence-corrected chi connectivity index (χ1v) is 5.09. The number of carbonyl (C=O) groups is 1. The van der Waals surface area contributed by atoms with Crippen molar-refractivity contribution in [2.75, 3.05) is 6.61 Å². The van der Waals surface area contributed by atoms with Crippen molar-refractivity contribution in [2.24, 2.45) is 5.92 Å². The SMILES string of the molecule is CC(C)COC1CCCC(C(=O)O)O1. The Balaban J connectivity index is 2.29. The molecule has 0 aromatic carbocycles. The monoisotopic (exact) mass is 202 g/mol. The number of carboxylic acid groups (broad SMARTS) is 1. The van der Waals surface area contributed by atoms with Gasteiger partial charge in [0.1, 0.15) is 0 Å². The molecule has 4 heteroatoms. The van der Waals surface area contributed by atoms with Crippen molar-refractivity contribution in [3.8, 4) is 0 Å². The van der Waals surface area contributed by atoms with Crippen molar-refractivity contribution in [1.29, 1.82) is 0 Å². The van der Waals surface area contributed by atoms with Gasteiger partial charge in [0, 0.05) is 0 Å². The summed E-state index contributed by atoms with van der Waals surface area (Å²) >= 11 is 0. The van der Waals surface area contributed by atoms with Crippen LogP contribution in [0.2, 0.25) is 0 Å². The minimum atomic E-state index is -0.886. The highest BCUT2D eigenvalue weighted by molar-refractivity contribution is 5.72. The lowest BCUT2D eigenvalue weighted by Crippen LogP contribution is -2.35. The van der Waals surface area contributed by atoms with E-state index in [4.69, 9.17) is 14.6 Å². The van der Waals surface area contributed by atoms with E-state index < -0.39 is 12.1 Å². The van der Waals surface area contributed by atoms with Gasteiger partial charge in [-0.15, -0.1) is 0 Å². The fourth-order valence-corrected chi connectivity index (χ4v) is 1.39. The number of carboxylic acids is 1. The molecule has 1 fully saturated rings. The van der Waals surface area contributed by atoms with E-state index in [1.54, 1.807) is 0 Å². The van der Waals surface area contributed by atoms with Gasteiger partial charge in [-0.3, -0.25) is 0 Å². The highest BCUT2D eigenvalue weighted by Gasteiger charge is 2.27. The minimum Gasteiger partial charge on any atom is -0.479 e. The van der Waals surface area contributed by atoms with Gasteiger partial charge in [0.2, 0.25) is 0 Å². The largest absolute Gasteiger partial charge is 0.479 e. The lowest BCUT2D eigenvalue weighted by atomic mass is 10.1. The van der Waals surface area contributed by atoms with E-state index in [1.165, 1.54) is 0 Å². The second-order valence-corrected chi connectivity index (χ2v) is 4.05. The molecule has 1 heterocycles. The molecule has 0 radical (unpaired) electrons. The third-order valence-electron chi connectivity index (χ3n) is 2.11. The van der Waals surface area contributed by atoms with Crippen molar-refractivity contribution in [1.82, 2.24) is 0 Å². The summed E-state index contributed by atoms with van der Waals surface area (Å²) in [5.41, 5.74) is 0. The number of aliphatic carboxylic acids is 1. The first-order chi connectivity index (χ1) is 6.59. The topological polar surface area (TPSA) is 55.8 Å². The molecule has 14 heavy (non-hydrogen) atoms. The van der Waals surface area contributed by atoms with E-state index in [1.807, 2.05) is 0 Å². The van der Waals surface area contributed by atoms with E-state index >= 15 is 0 Å². The van der Waals surface area contributed by atoms with E-state index in [9.17, 15) is 4.79 Å². The van der Waals surface area contributed by atoms with Crippen molar-refractivity contribution in [2.45, 2.75) is 45.5 Å². The summed E-state index contributed by atoms with van der Waals surface area (Å²) in [5, 5.41) is 8.75. The molecule has 2 unspecified atom stereocenters. The molecule has 4 nitrogen and oxygen atoms in total. The first kappa shape index (κ1) is 11.5. The molecule has 1 N–H and O–H groups in total. The zero-order valence-corrected chi connectivity index (χ0v) is 8.73. The van der Waals surface area contributed by atoms with Crippen LogP contribution in [-0.4, -0.2) is 30.1 Å². The zero-order chi connectivity index (χ0) is 10.6. The first-order valence-electron chi connectivity index (χ1n) is 5.09. The van der Waals surface area contributed by atoms with Crippen LogP contribution in [0, 0.1) is 5.92 Å². The van der Waals surface area contributed by atoms with Crippen molar-refractivity contribution in [3.63, 3.8) is 0 Å². The summed E-state index contributed by atoms with van der Waals surface area (Å²) in [4.78, 5) is 10.7. The maximum Gasteiger partial charge on any atom is 0.332 e. The average molecular weight is 202 g/mol. The predicted octanol–water partition coefficient (Wildman–Crippen LogP) is 1.64. The Morgan fingerprint density at radius 2 is 2.29 bits per heavy atom. The summed E-state index contributed by atoms with van der Waals surface area (Å²) < 4.78 is 10.7. The Kier molecular flexibility index (Phi) is 4.35. The molecule has 0 amide bonds. The maximum absolute atomic E-state index is 10.7. The molecular weight excluding hydrogens is 184 g/mol. The van der Waals surface area contributed by atoms with Gasteiger partial charge in [0.25, 0.3) is 0 Å². The third-order valence-corrected chi connectivity index (χ3v) is 2.11. The van der Waals surface area contributed by atoms with Crippen molar-refractivity contribution >= 4 is 5.97 Å². The van der Waals surface area contributed by atoms with Crippen LogP contribution in [0.15, 0.2) is 0 Å². The standard InChI is InChI=1S/C10H18O4/c1-7(2)6-13-9-5-3-4-8(14-9)10(11)12/h7-9H,3-6H2,1-2H3,(H,11,12). The molecule has 1 saturated heterocycles. The molecular formula is C10H18O4. The van der Waals surface area contributed by atoms with Gasteiger partial charge in [0.05, 0.1) is 6.61 Å². The van der Waals surface area contributed by atoms with Crippen LogP contribution < -0.4 is 0 Å². The van der Waals surface area contributed by atoms with Gasteiger partial charge >= 0.3 is 5.97 Å². The van der Waals surface area contributed by atoms with Crippen LogP contribution in [0.25, 0.3) is 0 Å². The number of ether oxygens (including phenoxy) is 2. The normalized spacial score (nSPS) is 27.9. The molecule has 0 bridgehead atoms. The minimum absolute atomic E-state index is 0.327. The van der Waals surface area contributed by atoms with Crippen molar-refractivity contribution in [3.05, 3.63) is 0 Å². The van der Waals surface area contributed by atoms with Crippen molar-refractivity contribution < 1.29 is 19.4 Å². The molecule has 0 aliphatic carbocycles. The molecule has 0 aromatic rings. The average Bonchev–Trinajstić information content (AvgIpc) is 2.15. The lowest BCUT2D eigenvalue weighted by Gasteiger charge is -2.27. The molecule has 82 valence electrons. The Labute approximate surface area is 84.2 Å². The summed E-state index contributed by atoms with van der Waals surface area (Å²) in [6, 6.07) is 0. The quantitative estimate of drug-likeness (QED) is 0.753. The van der Waals surface area contributed by atoms with Crippen LogP contribution >= 0.6 is 0 Å². The second kappa shape index (κ2) is 5.32. The van der Waals surface area contributed by atoms with Gasteiger partial charge in [0.15, 0.2) is 12.4 Å². The Morgan fingerprint density at radius 1 is 1.57 bits per heavy atom. The molecule has 1 aliphatic rings. The molecule has 1 aliphatic heterocycles. The van der Waals surface area contributed by atoms with E-state index in [2.05, 4.69) is 13.8 Å². The van der Waals surface area contributed by atoms with Crippen LogP contribution in [0.3, 0.4) is 0 Å². The third kappa shape index (κ3) is 3.64. The van der Waals surface area contributed by atoms with Gasteiger partial charge in [-0.2, -0.15) is 0 Å². The van der Waals surface area contributed by atoms with Gasteiger partial charge in [-0.05, 0) is 25.2 Å². The van der Waals surface area contributed by atoms with Crippen LogP contribution in [0.5, 0.6) is 0 Å². The molecule has 1 rings (SSSR count). The van der Waals surface area contributed by atoms with Gasteiger partial charge in [-0.25, -0.2) is 4.79 Å². The Hall–Kier alpha value is -0.610. The Morgan fingerprint density at radius 3 is 2.86 bits per heavy atom. The fraction of sp³-hybridized carbons (Fsp3) is 0.900. The van der Waals surface area contributed by atoms with E-state index in [-0.39, 0.29) is 6.29 Å². The summed E-state index contributed by atoms with van der Waals surface area (Å²) in [6.07, 6.45) is 1.25. The zero-order valence-electron chi connectivity index (χ0n) is 8.73. The summed E-state index contributed by atoms with van der Waals surface area (Å²) in [5.74, 6) is -0.438. The fourth-order valence-electron chi connectivity index (χ4n) is 1.39. The van der Waals surface area contributed by atoms with E-state index in [0.717, 1.165) is 12.8 Å². The van der Waals surface area contributed by atoms with E-state index in [0.29, 0.717) is 18.9 Å². The molecule has 2 atom stereocenters. The highest BCUT2D eigenvalue weighted by atomic mass is 16.7. The maximum atomic E-state index is 10.7. The summed E-state index contributed by atoms with van der Waals surface area (Å²) in [6.45, 7) is 4.73. The number of hydrogen-bond acceptors (Lipinski definition) is 3.